The average molecular weight is 181 g/mol. The Morgan fingerprint density at radius 2 is 2.31 bits per heavy atom. The molecule has 2 heterocycles. The Hall–Kier alpha value is -0.340. The van der Waals surface area contributed by atoms with E-state index in [1.807, 2.05) is 0 Å². The largest absolute Gasteiger partial charge is 0.381 e. The number of hydrogen-bond acceptors (Lipinski definition) is 2. The third kappa shape index (κ3) is 2.82. The summed E-state index contributed by atoms with van der Waals surface area (Å²) in [6.07, 6.45) is 7.55. The molecule has 0 bridgehead atoms. The van der Waals surface area contributed by atoms with Crippen LogP contribution in [-0.4, -0.2) is 26.3 Å². The van der Waals surface area contributed by atoms with E-state index in [0.29, 0.717) is 5.92 Å². The van der Waals surface area contributed by atoms with Gasteiger partial charge in [-0.25, -0.2) is 0 Å². The monoisotopic (exact) mass is 181 g/mol. The SMILES string of the molecule is C(=C1\CCCNCC1)/C1CCOC1. The molecule has 0 spiro atoms. The summed E-state index contributed by atoms with van der Waals surface area (Å²) in [4.78, 5) is 0. The summed E-state index contributed by atoms with van der Waals surface area (Å²) < 4.78 is 5.37. The van der Waals surface area contributed by atoms with E-state index in [2.05, 4.69) is 11.4 Å². The van der Waals surface area contributed by atoms with Crippen LogP contribution >= 0.6 is 0 Å². The van der Waals surface area contributed by atoms with Gasteiger partial charge in [0.25, 0.3) is 0 Å². The van der Waals surface area contributed by atoms with Crippen LogP contribution < -0.4 is 5.32 Å². The molecule has 0 amide bonds. The minimum Gasteiger partial charge on any atom is -0.381 e. The first-order chi connectivity index (χ1) is 6.45. The molecule has 1 N–H and O–H groups in total. The Morgan fingerprint density at radius 3 is 3.15 bits per heavy atom. The zero-order chi connectivity index (χ0) is 8.93. The van der Waals surface area contributed by atoms with Crippen LogP contribution in [0.1, 0.15) is 25.7 Å². The van der Waals surface area contributed by atoms with Gasteiger partial charge >= 0.3 is 0 Å². The maximum atomic E-state index is 5.37. The topological polar surface area (TPSA) is 21.3 Å². The fraction of sp³-hybridized carbons (Fsp3) is 0.818. The normalized spacial score (nSPS) is 33.5. The summed E-state index contributed by atoms with van der Waals surface area (Å²) in [5.74, 6) is 0.716. The fourth-order valence-corrected chi connectivity index (χ4v) is 2.12. The highest BCUT2D eigenvalue weighted by Crippen LogP contribution is 2.20. The first-order valence-corrected chi connectivity index (χ1v) is 5.43. The van der Waals surface area contributed by atoms with Crippen LogP contribution in [0.15, 0.2) is 11.6 Å². The summed E-state index contributed by atoms with van der Waals surface area (Å²) in [5, 5.41) is 3.43. The van der Waals surface area contributed by atoms with Crippen molar-refractivity contribution >= 4 is 0 Å². The van der Waals surface area contributed by atoms with Crippen molar-refractivity contribution in [2.75, 3.05) is 26.3 Å². The quantitative estimate of drug-likeness (QED) is 0.622. The van der Waals surface area contributed by atoms with E-state index in [1.54, 1.807) is 5.57 Å². The van der Waals surface area contributed by atoms with Gasteiger partial charge in [-0.1, -0.05) is 11.6 Å². The summed E-state index contributed by atoms with van der Waals surface area (Å²) in [7, 11) is 0. The second-order valence-electron chi connectivity index (χ2n) is 4.05. The number of rotatable bonds is 1. The van der Waals surface area contributed by atoms with Gasteiger partial charge in [-0.05, 0) is 38.8 Å². The molecule has 0 aromatic heterocycles. The van der Waals surface area contributed by atoms with E-state index in [4.69, 9.17) is 4.74 Å². The van der Waals surface area contributed by atoms with Crippen molar-refractivity contribution in [3.63, 3.8) is 0 Å². The van der Waals surface area contributed by atoms with Crippen LogP contribution in [-0.2, 0) is 4.74 Å². The molecule has 2 aliphatic rings. The van der Waals surface area contributed by atoms with Crippen LogP contribution in [0.3, 0.4) is 0 Å². The lowest BCUT2D eigenvalue weighted by atomic mass is 10.0. The molecule has 2 rings (SSSR count). The first kappa shape index (κ1) is 9.22. The number of nitrogens with one attached hydrogen (secondary N) is 1. The fourth-order valence-electron chi connectivity index (χ4n) is 2.12. The molecular weight excluding hydrogens is 162 g/mol. The maximum absolute atomic E-state index is 5.37. The van der Waals surface area contributed by atoms with E-state index in [0.717, 1.165) is 13.2 Å². The molecule has 2 aliphatic heterocycles. The molecule has 2 fully saturated rings. The van der Waals surface area contributed by atoms with Crippen LogP contribution in [0.5, 0.6) is 0 Å². The lowest BCUT2D eigenvalue weighted by molar-refractivity contribution is 0.191. The summed E-state index contributed by atoms with van der Waals surface area (Å²) in [6.45, 7) is 4.28. The van der Waals surface area contributed by atoms with Crippen molar-refractivity contribution < 1.29 is 4.74 Å². The minimum absolute atomic E-state index is 0.716. The molecule has 2 nitrogen and oxygen atoms in total. The van der Waals surface area contributed by atoms with Gasteiger partial charge < -0.3 is 10.1 Å². The first-order valence-electron chi connectivity index (χ1n) is 5.43. The molecule has 2 heteroatoms. The van der Waals surface area contributed by atoms with Crippen molar-refractivity contribution in [3.8, 4) is 0 Å². The summed E-state index contributed by atoms with van der Waals surface area (Å²) >= 11 is 0. The van der Waals surface area contributed by atoms with Gasteiger partial charge in [0.1, 0.15) is 0 Å². The molecule has 0 aromatic carbocycles. The van der Waals surface area contributed by atoms with Gasteiger partial charge in [0.2, 0.25) is 0 Å². The van der Waals surface area contributed by atoms with E-state index < -0.39 is 0 Å². The molecule has 0 aromatic rings. The lowest BCUT2D eigenvalue weighted by Gasteiger charge is -2.05. The van der Waals surface area contributed by atoms with Crippen LogP contribution in [0.2, 0.25) is 0 Å². The van der Waals surface area contributed by atoms with Crippen molar-refractivity contribution in [2.24, 2.45) is 5.92 Å². The van der Waals surface area contributed by atoms with Gasteiger partial charge in [0, 0.05) is 12.5 Å². The minimum atomic E-state index is 0.716. The van der Waals surface area contributed by atoms with Crippen molar-refractivity contribution in [2.45, 2.75) is 25.7 Å². The third-order valence-electron chi connectivity index (χ3n) is 2.91. The standard InChI is InChI=1S/C11H19NO/c1-2-10(3-6-12-5-1)8-11-4-7-13-9-11/h8,11-12H,1-7,9H2/b10-8-. The van der Waals surface area contributed by atoms with Crippen LogP contribution in [0, 0.1) is 5.92 Å². The van der Waals surface area contributed by atoms with Gasteiger partial charge in [-0.3, -0.25) is 0 Å². The van der Waals surface area contributed by atoms with Crippen molar-refractivity contribution in [3.05, 3.63) is 11.6 Å². The predicted octanol–water partition coefficient (Wildman–Crippen LogP) is 1.72. The average Bonchev–Trinajstić information content (AvgIpc) is 2.49. The Kier molecular flexibility index (Phi) is 3.39. The molecule has 1 atom stereocenters. The zero-order valence-electron chi connectivity index (χ0n) is 8.22. The van der Waals surface area contributed by atoms with E-state index in [-0.39, 0.29) is 0 Å². The van der Waals surface area contributed by atoms with Crippen molar-refractivity contribution in [1.82, 2.24) is 5.32 Å². The number of ether oxygens (including phenoxy) is 1. The highest BCUT2D eigenvalue weighted by molar-refractivity contribution is 5.07. The Balaban J connectivity index is 1.88. The van der Waals surface area contributed by atoms with Gasteiger partial charge in [0.15, 0.2) is 0 Å². The Labute approximate surface area is 80.4 Å². The second-order valence-corrected chi connectivity index (χ2v) is 4.05. The summed E-state index contributed by atoms with van der Waals surface area (Å²) in [5.41, 5.74) is 1.65. The molecule has 2 saturated heterocycles. The Morgan fingerprint density at radius 1 is 1.31 bits per heavy atom. The second kappa shape index (κ2) is 4.77. The maximum Gasteiger partial charge on any atom is 0.0529 e. The van der Waals surface area contributed by atoms with Gasteiger partial charge in [-0.15, -0.1) is 0 Å². The molecule has 1 unspecified atom stereocenters. The van der Waals surface area contributed by atoms with Gasteiger partial charge in [-0.2, -0.15) is 0 Å². The van der Waals surface area contributed by atoms with Crippen molar-refractivity contribution in [1.29, 1.82) is 0 Å². The van der Waals surface area contributed by atoms with E-state index in [9.17, 15) is 0 Å². The highest BCUT2D eigenvalue weighted by Gasteiger charge is 2.14. The van der Waals surface area contributed by atoms with Gasteiger partial charge in [0.05, 0.1) is 6.61 Å². The van der Waals surface area contributed by atoms with Crippen LogP contribution in [0.25, 0.3) is 0 Å². The summed E-state index contributed by atoms with van der Waals surface area (Å²) in [6, 6.07) is 0. The zero-order valence-corrected chi connectivity index (χ0v) is 8.22. The molecule has 0 saturated carbocycles. The van der Waals surface area contributed by atoms with Crippen LogP contribution in [0.4, 0.5) is 0 Å². The molecule has 74 valence electrons. The molecule has 0 aliphatic carbocycles. The highest BCUT2D eigenvalue weighted by atomic mass is 16.5. The lowest BCUT2D eigenvalue weighted by Crippen LogP contribution is -2.13. The predicted molar refractivity (Wildman–Crippen MR) is 53.7 cm³/mol. The molecule has 0 radical (unpaired) electrons. The molecule has 13 heavy (non-hydrogen) atoms. The molecular formula is C11H19NO. The smallest absolute Gasteiger partial charge is 0.0529 e. The Bertz CT molecular complexity index is 173. The van der Waals surface area contributed by atoms with E-state index in [1.165, 1.54) is 38.8 Å². The van der Waals surface area contributed by atoms with E-state index >= 15 is 0 Å². The number of hydrogen-bond donors (Lipinski definition) is 1. The third-order valence-corrected chi connectivity index (χ3v) is 2.91.